The van der Waals surface area contributed by atoms with Crippen LogP contribution in [0.2, 0.25) is 0 Å². The lowest BCUT2D eigenvalue weighted by molar-refractivity contribution is 0.577. The van der Waals surface area contributed by atoms with Gasteiger partial charge in [0.1, 0.15) is 0 Å². The van der Waals surface area contributed by atoms with Crippen LogP contribution in [0.1, 0.15) is 24.8 Å². The van der Waals surface area contributed by atoms with Gasteiger partial charge in [0.15, 0.2) is 0 Å². The first-order chi connectivity index (χ1) is 10.6. The van der Waals surface area contributed by atoms with E-state index in [-0.39, 0.29) is 0 Å². The molecule has 1 fully saturated rings. The van der Waals surface area contributed by atoms with Crippen molar-refractivity contribution in [1.29, 1.82) is 0 Å². The van der Waals surface area contributed by atoms with Crippen LogP contribution < -0.4 is 4.90 Å². The zero-order valence-corrected chi connectivity index (χ0v) is 13.6. The molecule has 3 nitrogen and oxygen atoms in total. The predicted molar refractivity (Wildman–Crippen MR) is 89.1 cm³/mol. The molecule has 0 saturated carbocycles. The molecule has 0 N–H and O–H groups in total. The van der Waals surface area contributed by atoms with Crippen molar-refractivity contribution in [3.05, 3.63) is 54.1 Å². The van der Waals surface area contributed by atoms with Gasteiger partial charge < -0.3 is 4.90 Å². The molecule has 0 unspecified atom stereocenters. The molecule has 1 heterocycles. The van der Waals surface area contributed by atoms with E-state index in [2.05, 4.69) is 4.90 Å². The maximum absolute atomic E-state index is 12.6. The van der Waals surface area contributed by atoms with Crippen LogP contribution >= 0.6 is 0 Å². The summed E-state index contributed by atoms with van der Waals surface area (Å²) >= 11 is 0. The van der Waals surface area contributed by atoms with E-state index in [1.54, 1.807) is 24.3 Å². The van der Waals surface area contributed by atoms with Gasteiger partial charge in [-0.3, -0.25) is 0 Å². The highest BCUT2D eigenvalue weighted by Gasteiger charge is 2.18. The average molecular weight is 315 g/mol. The summed E-state index contributed by atoms with van der Waals surface area (Å²) in [5.41, 5.74) is 2.17. The van der Waals surface area contributed by atoms with E-state index < -0.39 is 9.84 Å². The Morgan fingerprint density at radius 3 is 1.82 bits per heavy atom. The maximum atomic E-state index is 12.6. The molecule has 1 saturated heterocycles. The molecule has 0 bridgehead atoms. The maximum Gasteiger partial charge on any atom is 0.206 e. The molecular formula is C18H21NO2S. The van der Waals surface area contributed by atoms with Gasteiger partial charge in [0.05, 0.1) is 9.79 Å². The number of aryl methyl sites for hydroxylation is 1. The van der Waals surface area contributed by atoms with E-state index in [0.29, 0.717) is 9.79 Å². The summed E-state index contributed by atoms with van der Waals surface area (Å²) in [7, 11) is -3.42. The highest BCUT2D eigenvalue weighted by molar-refractivity contribution is 7.91. The second-order valence-electron chi connectivity index (χ2n) is 5.86. The lowest BCUT2D eigenvalue weighted by Gasteiger charge is -2.28. The highest BCUT2D eigenvalue weighted by atomic mass is 32.2. The van der Waals surface area contributed by atoms with Crippen LogP contribution in [0.25, 0.3) is 0 Å². The van der Waals surface area contributed by atoms with Crippen LogP contribution in [0.4, 0.5) is 5.69 Å². The molecule has 0 atom stereocenters. The fourth-order valence-electron chi connectivity index (χ4n) is 2.84. The minimum atomic E-state index is -3.42. The van der Waals surface area contributed by atoms with E-state index in [4.69, 9.17) is 0 Å². The summed E-state index contributed by atoms with van der Waals surface area (Å²) < 4.78 is 25.2. The molecule has 0 amide bonds. The molecule has 1 aliphatic rings. The Morgan fingerprint density at radius 2 is 1.27 bits per heavy atom. The number of benzene rings is 2. The minimum Gasteiger partial charge on any atom is -0.372 e. The van der Waals surface area contributed by atoms with Gasteiger partial charge in [0, 0.05) is 18.8 Å². The number of nitrogens with zero attached hydrogens (tertiary/aromatic N) is 1. The van der Waals surface area contributed by atoms with Crippen molar-refractivity contribution in [1.82, 2.24) is 0 Å². The molecule has 4 heteroatoms. The van der Waals surface area contributed by atoms with E-state index in [1.165, 1.54) is 19.3 Å². The largest absolute Gasteiger partial charge is 0.372 e. The van der Waals surface area contributed by atoms with Crippen LogP contribution in [-0.2, 0) is 9.84 Å². The fourth-order valence-corrected chi connectivity index (χ4v) is 4.10. The van der Waals surface area contributed by atoms with E-state index in [9.17, 15) is 8.42 Å². The molecule has 2 aromatic rings. The summed E-state index contributed by atoms with van der Waals surface area (Å²) in [4.78, 5) is 3.03. The summed E-state index contributed by atoms with van der Waals surface area (Å²) in [6.45, 7) is 4.07. The Balaban J connectivity index is 1.86. The van der Waals surface area contributed by atoms with Crippen molar-refractivity contribution in [3.8, 4) is 0 Å². The Kier molecular flexibility index (Phi) is 4.21. The van der Waals surface area contributed by atoms with Crippen molar-refractivity contribution in [3.63, 3.8) is 0 Å². The second kappa shape index (κ2) is 6.13. The molecule has 0 aromatic heterocycles. The van der Waals surface area contributed by atoms with E-state index in [1.807, 2.05) is 31.2 Å². The van der Waals surface area contributed by atoms with Crippen LogP contribution in [0.3, 0.4) is 0 Å². The number of piperidine rings is 1. The van der Waals surface area contributed by atoms with Gasteiger partial charge >= 0.3 is 0 Å². The van der Waals surface area contributed by atoms with Gasteiger partial charge in [-0.15, -0.1) is 0 Å². The SMILES string of the molecule is Cc1ccc(S(=O)(=O)c2ccc(N3CCCCC3)cc2)cc1. The van der Waals surface area contributed by atoms with E-state index >= 15 is 0 Å². The van der Waals surface area contributed by atoms with E-state index in [0.717, 1.165) is 24.3 Å². The first-order valence-corrected chi connectivity index (χ1v) is 9.22. The zero-order chi connectivity index (χ0) is 15.6. The molecule has 1 aliphatic heterocycles. The zero-order valence-electron chi connectivity index (χ0n) is 12.8. The average Bonchev–Trinajstić information content (AvgIpc) is 2.56. The van der Waals surface area contributed by atoms with Crippen LogP contribution in [-0.4, -0.2) is 21.5 Å². The van der Waals surface area contributed by atoms with Gasteiger partial charge in [-0.2, -0.15) is 0 Å². The lowest BCUT2D eigenvalue weighted by atomic mass is 10.1. The van der Waals surface area contributed by atoms with Gasteiger partial charge in [-0.1, -0.05) is 17.7 Å². The molecule has 0 spiro atoms. The normalized spacial score (nSPS) is 15.8. The Hall–Kier alpha value is -1.81. The van der Waals surface area contributed by atoms with Crippen molar-refractivity contribution < 1.29 is 8.42 Å². The number of hydrogen-bond acceptors (Lipinski definition) is 3. The summed E-state index contributed by atoms with van der Waals surface area (Å²) in [6, 6.07) is 14.3. The lowest BCUT2D eigenvalue weighted by Crippen LogP contribution is -2.29. The molecule has 22 heavy (non-hydrogen) atoms. The Labute approximate surface area is 132 Å². The molecule has 2 aromatic carbocycles. The van der Waals surface area contributed by atoms with Crippen molar-refractivity contribution in [2.45, 2.75) is 36.0 Å². The molecule has 0 aliphatic carbocycles. The number of sulfone groups is 1. The van der Waals surface area contributed by atoms with Gasteiger partial charge in [-0.25, -0.2) is 8.42 Å². The minimum absolute atomic E-state index is 0.351. The third-order valence-corrected chi connectivity index (χ3v) is 5.99. The van der Waals surface area contributed by atoms with Crippen molar-refractivity contribution in [2.75, 3.05) is 18.0 Å². The third-order valence-electron chi connectivity index (χ3n) is 4.20. The topological polar surface area (TPSA) is 37.4 Å². The van der Waals surface area contributed by atoms with Gasteiger partial charge in [-0.05, 0) is 62.6 Å². The molecule has 3 rings (SSSR count). The number of rotatable bonds is 3. The first-order valence-electron chi connectivity index (χ1n) is 7.74. The standard InChI is InChI=1S/C18H21NO2S/c1-15-5-9-17(10-6-15)22(20,21)18-11-7-16(8-12-18)19-13-3-2-4-14-19/h5-12H,2-4,13-14H2,1H3. The third kappa shape index (κ3) is 3.02. The summed E-state index contributed by atoms with van der Waals surface area (Å²) in [6.07, 6.45) is 3.71. The smallest absolute Gasteiger partial charge is 0.206 e. The molecule has 0 radical (unpaired) electrons. The first kappa shape index (κ1) is 15.1. The monoisotopic (exact) mass is 315 g/mol. The fraction of sp³-hybridized carbons (Fsp3) is 0.333. The highest BCUT2D eigenvalue weighted by Crippen LogP contribution is 2.25. The second-order valence-corrected chi connectivity index (χ2v) is 7.81. The Bertz CT molecular complexity index is 728. The number of anilines is 1. The van der Waals surface area contributed by atoms with Gasteiger partial charge in [0.25, 0.3) is 0 Å². The van der Waals surface area contributed by atoms with Crippen LogP contribution in [0.5, 0.6) is 0 Å². The molecule has 116 valence electrons. The van der Waals surface area contributed by atoms with Crippen LogP contribution in [0.15, 0.2) is 58.3 Å². The quantitative estimate of drug-likeness (QED) is 0.864. The van der Waals surface area contributed by atoms with Crippen molar-refractivity contribution in [2.24, 2.45) is 0 Å². The Morgan fingerprint density at radius 1 is 0.773 bits per heavy atom. The van der Waals surface area contributed by atoms with Crippen LogP contribution in [0, 0.1) is 6.92 Å². The summed E-state index contributed by atoms with van der Waals surface area (Å²) in [5, 5.41) is 0. The van der Waals surface area contributed by atoms with Crippen molar-refractivity contribution >= 4 is 15.5 Å². The predicted octanol–water partition coefficient (Wildman–Crippen LogP) is 3.82. The number of hydrogen-bond donors (Lipinski definition) is 0. The van der Waals surface area contributed by atoms with Gasteiger partial charge in [0.2, 0.25) is 9.84 Å². The molecular weight excluding hydrogens is 294 g/mol. The summed E-state index contributed by atoms with van der Waals surface area (Å²) in [5.74, 6) is 0.